The zero-order chi connectivity index (χ0) is 14.2. The number of nitrogens with one attached hydrogen (secondary N) is 1. The summed E-state index contributed by atoms with van der Waals surface area (Å²) in [6.07, 6.45) is 4.06. The predicted molar refractivity (Wildman–Crippen MR) is 75.4 cm³/mol. The van der Waals surface area contributed by atoms with Crippen molar-refractivity contribution < 1.29 is 9.53 Å². The molecule has 0 radical (unpaired) electrons. The lowest BCUT2D eigenvalue weighted by atomic mass is 9.94. The number of amides is 1. The third-order valence-electron chi connectivity index (χ3n) is 3.37. The fourth-order valence-corrected chi connectivity index (χ4v) is 1.97. The molecule has 0 bridgehead atoms. The predicted octanol–water partition coefficient (Wildman–Crippen LogP) is 2.07. The number of nitrogens with two attached hydrogens (primary N) is 1. The number of hydrogen-bond acceptors (Lipinski definition) is 3. The van der Waals surface area contributed by atoms with Crippen LogP contribution >= 0.6 is 0 Å². The molecule has 0 saturated carbocycles. The van der Waals surface area contributed by atoms with Gasteiger partial charge in [-0.1, -0.05) is 13.8 Å². The largest absolute Gasteiger partial charge is 0.379 e. The van der Waals surface area contributed by atoms with Crippen molar-refractivity contribution in [1.29, 1.82) is 0 Å². The molecular weight excluding hydrogens is 228 g/mol. The molecule has 108 valence electrons. The molecule has 4 heteroatoms. The number of carbonyl (C=O) groups is 1. The van der Waals surface area contributed by atoms with Crippen LogP contribution in [0.25, 0.3) is 0 Å². The normalized spacial score (nSPS) is 16.6. The van der Waals surface area contributed by atoms with Crippen LogP contribution in [0.4, 0.5) is 0 Å². The Labute approximate surface area is 112 Å². The van der Waals surface area contributed by atoms with Crippen molar-refractivity contribution in [3.05, 3.63) is 0 Å². The summed E-state index contributed by atoms with van der Waals surface area (Å²) in [4.78, 5) is 11.3. The van der Waals surface area contributed by atoms with Crippen molar-refractivity contribution in [2.45, 2.75) is 65.0 Å². The van der Waals surface area contributed by atoms with Crippen LogP contribution in [0.15, 0.2) is 0 Å². The maximum absolute atomic E-state index is 11.3. The van der Waals surface area contributed by atoms with Gasteiger partial charge in [0.05, 0.1) is 11.6 Å². The number of hydrogen-bond donors (Lipinski definition) is 2. The van der Waals surface area contributed by atoms with Gasteiger partial charge in [0.1, 0.15) is 0 Å². The van der Waals surface area contributed by atoms with Gasteiger partial charge in [-0.05, 0) is 52.5 Å². The number of unbranched alkanes of at least 4 members (excludes halogenated alkanes) is 1. The van der Waals surface area contributed by atoms with Crippen molar-refractivity contribution in [2.75, 3.05) is 13.7 Å². The van der Waals surface area contributed by atoms with Gasteiger partial charge in [-0.15, -0.1) is 0 Å². The maximum Gasteiger partial charge on any atom is 0.237 e. The molecule has 0 aromatic heterocycles. The van der Waals surface area contributed by atoms with Gasteiger partial charge in [0.2, 0.25) is 5.91 Å². The molecule has 2 atom stereocenters. The summed E-state index contributed by atoms with van der Waals surface area (Å²) in [5.41, 5.74) is 4.77. The molecule has 2 unspecified atom stereocenters. The standard InChI is InChI=1S/C14H30N2O2/c1-11(2)10-12(3)18-9-7-6-8-14(4,16-5)13(15)17/h11-12,16H,6-10H2,1-5H3,(H2,15,17). The fourth-order valence-electron chi connectivity index (χ4n) is 1.97. The van der Waals surface area contributed by atoms with Gasteiger partial charge in [0.25, 0.3) is 0 Å². The SMILES string of the molecule is CNC(C)(CCCCOC(C)CC(C)C)C(N)=O. The van der Waals surface area contributed by atoms with Crippen molar-refractivity contribution in [1.82, 2.24) is 5.32 Å². The first-order chi connectivity index (χ1) is 8.31. The van der Waals surface area contributed by atoms with E-state index in [-0.39, 0.29) is 5.91 Å². The van der Waals surface area contributed by atoms with E-state index in [4.69, 9.17) is 10.5 Å². The molecule has 0 aromatic carbocycles. The minimum absolute atomic E-state index is 0.293. The van der Waals surface area contributed by atoms with Crippen LogP contribution in [-0.4, -0.2) is 31.2 Å². The van der Waals surface area contributed by atoms with E-state index in [1.54, 1.807) is 7.05 Å². The van der Waals surface area contributed by atoms with Crippen LogP contribution in [-0.2, 0) is 9.53 Å². The minimum Gasteiger partial charge on any atom is -0.379 e. The first-order valence-electron chi connectivity index (χ1n) is 6.92. The Morgan fingerprint density at radius 2 is 1.94 bits per heavy atom. The molecule has 4 nitrogen and oxygen atoms in total. The third kappa shape index (κ3) is 6.97. The molecule has 0 aliphatic heterocycles. The molecule has 0 heterocycles. The Bertz CT molecular complexity index is 244. The third-order valence-corrected chi connectivity index (χ3v) is 3.37. The molecule has 0 aliphatic carbocycles. The highest BCUT2D eigenvalue weighted by molar-refractivity contribution is 5.84. The van der Waals surface area contributed by atoms with Crippen molar-refractivity contribution in [3.8, 4) is 0 Å². The summed E-state index contributed by atoms with van der Waals surface area (Å²) in [6, 6.07) is 0. The summed E-state index contributed by atoms with van der Waals surface area (Å²) in [5.74, 6) is 0.376. The van der Waals surface area contributed by atoms with E-state index in [1.165, 1.54) is 0 Å². The zero-order valence-electron chi connectivity index (χ0n) is 12.6. The lowest BCUT2D eigenvalue weighted by molar-refractivity contribution is -0.123. The number of carbonyl (C=O) groups excluding carboxylic acids is 1. The molecule has 3 N–H and O–H groups in total. The van der Waals surface area contributed by atoms with E-state index in [9.17, 15) is 4.79 Å². The lowest BCUT2D eigenvalue weighted by Crippen LogP contribution is -2.51. The van der Waals surface area contributed by atoms with Gasteiger partial charge in [0, 0.05) is 6.61 Å². The Morgan fingerprint density at radius 1 is 1.33 bits per heavy atom. The Hall–Kier alpha value is -0.610. The van der Waals surface area contributed by atoms with Crippen molar-refractivity contribution >= 4 is 5.91 Å². The van der Waals surface area contributed by atoms with Crippen LogP contribution in [0.5, 0.6) is 0 Å². The number of likely N-dealkylation sites (N-methyl/N-ethyl adjacent to an activating group) is 1. The van der Waals surface area contributed by atoms with Gasteiger partial charge in [0.15, 0.2) is 0 Å². The molecular formula is C14H30N2O2. The van der Waals surface area contributed by atoms with E-state index in [0.717, 1.165) is 32.3 Å². The second kappa shape index (κ2) is 8.48. The topological polar surface area (TPSA) is 64.3 Å². The molecule has 0 spiro atoms. The molecule has 1 amide bonds. The molecule has 0 saturated heterocycles. The smallest absolute Gasteiger partial charge is 0.237 e. The summed E-state index contributed by atoms with van der Waals surface area (Å²) in [5, 5.41) is 2.99. The molecule has 0 rings (SSSR count). The summed E-state index contributed by atoms with van der Waals surface area (Å²) in [6.45, 7) is 9.11. The highest BCUT2D eigenvalue weighted by Gasteiger charge is 2.27. The Balaban J connectivity index is 3.70. The van der Waals surface area contributed by atoms with Gasteiger partial charge >= 0.3 is 0 Å². The first-order valence-corrected chi connectivity index (χ1v) is 6.92. The molecule has 0 aromatic rings. The highest BCUT2D eigenvalue weighted by Crippen LogP contribution is 2.14. The van der Waals surface area contributed by atoms with E-state index < -0.39 is 5.54 Å². The van der Waals surface area contributed by atoms with Gasteiger partial charge in [-0.25, -0.2) is 0 Å². The zero-order valence-corrected chi connectivity index (χ0v) is 12.6. The molecule has 0 fully saturated rings. The summed E-state index contributed by atoms with van der Waals surface area (Å²) < 4.78 is 5.73. The second-order valence-electron chi connectivity index (χ2n) is 5.71. The molecule has 0 aliphatic rings. The van der Waals surface area contributed by atoms with E-state index in [0.29, 0.717) is 12.0 Å². The van der Waals surface area contributed by atoms with Crippen molar-refractivity contribution in [2.24, 2.45) is 11.7 Å². The highest BCUT2D eigenvalue weighted by atomic mass is 16.5. The number of ether oxygens (including phenoxy) is 1. The van der Waals surface area contributed by atoms with Gasteiger partial charge < -0.3 is 15.8 Å². The van der Waals surface area contributed by atoms with E-state index in [2.05, 4.69) is 26.1 Å². The van der Waals surface area contributed by atoms with Crippen LogP contribution in [0.3, 0.4) is 0 Å². The Kier molecular flexibility index (Phi) is 8.20. The number of rotatable bonds is 10. The average molecular weight is 258 g/mol. The minimum atomic E-state index is -0.594. The second-order valence-corrected chi connectivity index (χ2v) is 5.71. The Morgan fingerprint density at radius 3 is 2.39 bits per heavy atom. The quantitative estimate of drug-likeness (QED) is 0.590. The summed E-state index contributed by atoms with van der Waals surface area (Å²) in [7, 11) is 1.77. The van der Waals surface area contributed by atoms with Gasteiger partial charge in [-0.3, -0.25) is 4.79 Å². The van der Waals surface area contributed by atoms with Crippen LogP contribution < -0.4 is 11.1 Å². The maximum atomic E-state index is 11.3. The summed E-state index contributed by atoms with van der Waals surface area (Å²) >= 11 is 0. The average Bonchev–Trinajstić information content (AvgIpc) is 2.26. The first kappa shape index (κ1) is 17.4. The fraction of sp³-hybridized carbons (Fsp3) is 0.929. The monoisotopic (exact) mass is 258 g/mol. The van der Waals surface area contributed by atoms with Gasteiger partial charge in [-0.2, -0.15) is 0 Å². The lowest BCUT2D eigenvalue weighted by Gasteiger charge is -2.25. The number of primary amides is 1. The molecule has 18 heavy (non-hydrogen) atoms. The van der Waals surface area contributed by atoms with Crippen molar-refractivity contribution in [3.63, 3.8) is 0 Å². The van der Waals surface area contributed by atoms with E-state index in [1.807, 2.05) is 6.92 Å². The van der Waals surface area contributed by atoms with Crippen LogP contribution in [0.1, 0.15) is 53.4 Å². The van der Waals surface area contributed by atoms with Crippen LogP contribution in [0.2, 0.25) is 0 Å². The van der Waals surface area contributed by atoms with E-state index >= 15 is 0 Å². The van der Waals surface area contributed by atoms with Crippen LogP contribution in [0, 0.1) is 5.92 Å².